The van der Waals surface area contributed by atoms with E-state index in [1.165, 1.54) is 21.9 Å². The van der Waals surface area contributed by atoms with Gasteiger partial charge in [0.25, 0.3) is 0 Å². The van der Waals surface area contributed by atoms with E-state index in [0.717, 1.165) is 94.4 Å². The van der Waals surface area contributed by atoms with E-state index in [0.29, 0.717) is 5.92 Å². The molecule has 0 amide bonds. The Balaban J connectivity index is 0.000000252. The zero-order valence-electron chi connectivity index (χ0n) is 43.4. The van der Waals surface area contributed by atoms with Gasteiger partial charge in [0.05, 0.1) is 8.07 Å². The van der Waals surface area contributed by atoms with Gasteiger partial charge in [-0.3, -0.25) is 0 Å². The van der Waals surface area contributed by atoms with Crippen LogP contribution in [0.2, 0.25) is 19.6 Å². The molecular weight excluding hydrogens is 1080 g/mol. The van der Waals surface area contributed by atoms with Crippen LogP contribution >= 0.6 is 0 Å². The van der Waals surface area contributed by atoms with Crippen molar-refractivity contribution in [2.75, 3.05) is 4.90 Å². The number of benzene rings is 9. The minimum atomic E-state index is -1.50. The Bertz CT molecular complexity index is 3770. The smallest absolute Gasteiger partial charge is 0.660 e. The zero-order chi connectivity index (χ0) is 50.4. The second-order valence-electron chi connectivity index (χ2n) is 20.3. The van der Waals surface area contributed by atoms with Crippen LogP contribution in [-0.4, -0.2) is 13.1 Å². The number of aromatic nitrogens is 1. The number of nitrogens with zero attached hydrogens (tertiary/aromatic N) is 3. The second kappa shape index (κ2) is 20.6. The molecule has 2 aromatic heterocycles. The summed E-state index contributed by atoms with van der Waals surface area (Å²) in [6.45, 7) is 15.2. The standard InChI is InChI=1S/C50H36N2O.C17H22NSi.Ir/c1-32(2)37-22-25-41-46(31-37)53-49-42(27-26-39(47(41)49)34-16-8-4-9-17-34)50-51-48-40-21-13-12-20-36(40)23-29-45(48)52(50)44-28-24-38(33-14-6-3-7-15-33)30-43(44)35-18-10-5-11-19-35;1-13(2)15-11-16(14-9-7-6-8-10-14)18-12-17(15)19(3,4)5;/h3-26,28-32,50H,1-2H3;6-9,11-13H,1-5H3;/q-2;-1;+3/i;13D;. The molecule has 0 radical (unpaired) electrons. The van der Waals surface area contributed by atoms with Gasteiger partial charge in [0.1, 0.15) is 5.58 Å². The van der Waals surface area contributed by atoms with Gasteiger partial charge < -0.3 is 19.6 Å². The second-order valence-corrected chi connectivity index (χ2v) is 25.4. The van der Waals surface area contributed by atoms with E-state index < -0.39 is 20.1 Å². The maximum absolute atomic E-state index is 8.44. The molecule has 73 heavy (non-hydrogen) atoms. The van der Waals surface area contributed by atoms with Gasteiger partial charge in [-0.05, 0) is 86.2 Å². The van der Waals surface area contributed by atoms with Gasteiger partial charge in [-0.2, -0.15) is 12.1 Å². The molecule has 0 fully saturated rings. The quantitative estimate of drug-likeness (QED) is 0.107. The van der Waals surface area contributed by atoms with Crippen molar-refractivity contribution < 1.29 is 25.9 Å². The van der Waals surface area contributed by atoms with Gasteiger partial charge in [-0.25, -0.2) is 0 Å². The fourth-order valence-electron chi connectivity index (χ4n) is 10.2. The van der Waals surface area contributed by atoms with Crippen molar-refractivity contribution in [3.63, 3.8) is 0 Å². The van der Waals surface area contributed by atoms with Crippen LogP contribution in [0.3, 0.4) is 0 Å². The molecule has 360 valence electrons. The van der Waals surface area contributed by atoms with Crippen LogP contribution in [0.25, 0.3) is 82.7 Å². The maximum atomic E-state index is 8.44. The molecule has 1 aliphatic heterocycles. The van der Waals surface area contributed by atoms with Crippen molar-refractivity contribution in [2.45, 2.75) is 65.3 Å². The molecule has 4 nitrogen and oxygen atoms in total. The SMILES string of the molecule is CC(C)c1ccc2c(c1)oc1c(C3[N-]c4c(ccc5ccccc45)N3c3ccc(-c4ccccc4)cc3-c3ccccc3)[c-]cc(-c3ccccc3)c12.[2H]C(C)(C)c1cc(-c2[c-]cccc2)ncc1[Si](C)(C)C.[Ir+3]. The molecule has 6 heteroatoms. The molecule has 3 heterocycles. The van der Waals surface area contributed by atoms with Gasteiger partial charge >= 0.3 is 20.1 Å². The van der Waals surface area contributed by atoms with Crippen molar-refractivity contribution in [1.29, 1.82) is 0 Å². The average Bonchev–Trinajstić information content (AvgIpc) is 4.00. The molecule has 9 aromatic carbocycles. The molecular formula is C67H58IrN3OSi. The number of fused-ring (bicyclic) bond motifs is 6. The van der Waals surface area contributed by atoms with Gasteiger partial charge in [-0.1, -0.05) is 209 Å². The summed E-state index contributed by atoms with van der Waals surface area (Å²) in [5, 5.41) is 11.4. The Kier molecular flexibility index (Phi) is 13.6. The Morgan fingerprint density at radius 2 is 1.29 bits per heavy atom. The predicted octanol–water partition coefficient (Wildman–Crippen LogP) is 18.7. The maximum Gasteiger partial charge on any atom is 3.00 e. The topological polar surface area (TPSA) is 43.4 Å². The molecule has 1 atom stereocenters. The van der Waals surface area contributed by atoms with E-state index >= 15 is 0 Å². The molecule has 11 aromatic rings. The van der Waals surface area contributed by atoms with E-state index in [4.69, 9.17) is 11.1 Å². The summed E-state index contributed by atoms with van der Waals surface area (Å²) in [7, 11) is -1.50. The summed E-state index contributed by atoms with van der Waals surface area (Å²) in [6, 6.07) is 77.4. The van der Waals surface area contributed by atoms with Crippen LogP contribution in [0, 0.1) is 12.1 Å². The number of hydrogen-bond acceptors (Lipinski definition) is 3. The monoisotopic (exact) mass is 1140 g/mol. The molecule has 0 bridgehead atoms. The molecule has 1 unspecified atom stereocenters. The molecule has 0 aliphatic carbocycles. The van der Waals surface area contributed by atoms with Crippen LogP contribution < -0.4 is 10.1 Å². The Hall–Kier alpha value is -7.34. The number of anilines is 2. The first-order chi connectivity index (χ1) is 35.3. The van der Waals surface area contributed by atoms with Crippen LogP contribution in [-0.2, 0) is 20.1 Å². The van der Waals surface area contributed by atoms with E-state index in [1.807, 2.05) is 44.3 Å². The summed E-state index contributed by atoms with van der Waals surface area (Å²) in [5.74, 6) is -0.229. The first kappa shape index (κ1) is 48.0. The third kappa shape index (κ3) is 9.59. The van der Waals surface area contributed by atoms with Crippen LogP contribution in [0.15, 0.2) is 211 Å². The summed E-state index contributed by atoms with van der Waals surface area (Å²) in [5.41, 5.74) is 16.8. The normalized spacial score (nSPS) is 13.6. The molecule has 0 N–H and O–H groups in total. The molecule has 12 rings (SSSR count). The van der Waals surface area contributed by atoms with E-state index in [-0.39, 0.29) is 20.1 Å². The summed E-state index contributed by atoms with van der Waals surface area (Å²) < 4.78 is 15.4. The zero-order valence-corrected chi connectivity index (χ0v) is 45.8. The van der Waals surface area contributed by atoms with Crippen LogP contribution in [0.1, 0.15) is 63.7 Å². The van der Waals surface area contributed by atoms with Crippen molar-refractivity contribution in [3.8, 4) is 44.6 Å². The summed E-state index contributed by atoms with van der Waals surface area (Å²) >= 11 is 0. The third-order valence-electron chi connectivity index (χ3n) is 13.9. The number of furan rings is 1. The van der Waals surface area contributed by atoms with E-state index in [2.05, 4.69) is 231 Å². The minimum absolute atomic E-state index is 0. The molecule has 0 saturated carbocycles. The van der Waals surface area contributed by atoms with Crippen LogP contribution in [0.4, 0.5) is 17.1 Å². The van der Waals surface area contributed by atoms with Crippen molar-refractivity contribution in [2.24, 2.45) is 0 Å². The van der Waals surface area contributed by atoms with E-state index in [9.17, 15) is 0 Å². The first-order valence-corrected chi connectivity index (χ1v) is 28.5. The van der Waals surface area contributed by atoms with E-state index in [1.54, 1.807) is 0 Å². The Morgan fingerprint density at radius 3 is 1.96 bits per heavy atom. The summed E-state index contributed by atoms with van der Waals surface area (Å²) in [6.07, 6.45) is 1.55. The van der Waals surface area contributed by atoms with Crippen LogP contribution in [0.5, 0.6) is 0 Å². The largest absolute Gasteiger partial charge is 3.00 e. The Labute approximate surface area is 446 Å². The first-order valence-electron chi connectivity index (χ1n) is 25.5. The van der Waals surface area contributed by atoms with Gasteiger partial charge in [0, 0.05) is 35.5 Å². The third-order valence-corrected chi connectivity index (χ3v) is 15.9. The minimum Gasteiger partial charge on any atom is -0.660 e. The molecule has 0 spiro atoms. The Morgan fingerprint density at radius 1 is 0.630 bits per heavy atom. The van der Waals surface area contributed by atoms with Gasteiger partial charge in [0.15, 0.2) is 0 Å². The number of pyridine rings is 1. The number of hydrogen-bond donors (Lipinski definition) is 0. The molecule has 0 saturated heterocycles. The van der Waals surface area contributed by atoms with Crippen molar-refractivity contribution in [3.05, 3.63) is 241 Å². The summed E-state index contributed by atoms with van der Waals surface area (Å²) in [4.78, 5) is 7.01. The van der Waals surface area contributed by atoms with Crippen molar-refractivity contribution in [1.82, 2.24) is 4.98 Å². The predicted molar refractivity (Wildman–Crippen MR) is 307 cm³/mol. The number of rotatable bonds is 9. The molecule has 1 aliphatic rings. The van der Waals surface area contributed by atoms with Gasteiger partial charge in [0.2, 0.25) is 0 Å². The fourth-order valence-corrected chi connectivity index (χ4v) is 11.7. The fraction of sp³-hybridized carbons (Fsp3) is 0.149. The van der Waals surface area contributed by atoms with Gasteiger partial charge in [-0.15, -0.1) is 52.7 Å². The average molecular weight is 1140 g/mol. The van der Waals surface area contributed by atoms with Crippen molar-refractivity contribution >= 4 is 63.0 Å².